The number of nitrogens with one attached hydrogen (secondary N) is 2. The van der Waals surface area contributed by atoms with Crippen molar-refractivity contribution in [2.45, 2.75) is 62.1 Å². The average Bonchev–Trinajstić information content (AvgIpc) is 3.27. The molecule has 15 heteroatoms. The third-order valence-corrected chi connectivity index (χ3v) is 7.80. The number of likely N-dealkylation sites (N-methyl/N-ethyl adjacent to an activating group) is 1. The molecule has 4 radical (unpaired) electrons. The normalized spacial score (nSPS) is 22.7. The van der Waals surface area contributed by atoms with Crippen molar-refractivity contribution in [3.8, 4) is 0 Å². The predicted octanol–water partition coefficient (Wildman–Crippen LogP) is -1.37. The lowest BCUT2D eigenvalue weighted by atomic mass is 9.55. The minimum atomic E-state index is -3.09. The second-order valence-corrected chi connectivity index (χ2v) is 11.0. The summed E-state index contributed by atoms with van der Waals surface area (Å²) >= 11 is 0. The van der Waals surface area contributed by atoms with Crippen LogP contribution in [0.4, 0.5) is 10.1 Å². The Morgan fingerprint density at radius 2 is 1.81 bits per heavy atom. The highest BCUT2D eigenvalue weighted by atomic mass is 19.1. The highest BCUT2D eigenvalue weighted by molar-refractivity contribution is 6.33. The van der Waals surface area contributed by atoms with E-state index in [1.54, 1.807) is 6.07 Å². The summed E-state index contributed by atoms with van der Waals surface area (Å²) in [5.41, 5.74) is -5.19. The van der Waals surface area contributed by atoms with Crippen molar-refractivity contribution in [2.75, 3.05) is 25.5 Å². The molecule has 1 saturated heterocycles. The molecule has 2 amide bonds. The second-order valence-electron chi connectivity index (χ2n) is 11.0. The number of amides is 2. The van der Waals surface area contributed by atoms with Crippen LogP contribution in [0.25, 0.3) is 0 Å². The van der Waals surface area contributed by atoms with Gasteiger partial charge in [0, 0.05) is 61.2 Å². The summed E-state index contributed by atoms with van der Waals surface area (Å²) in [5, 5.41) is 48.4. The van der Waals surface area contributed by atoms with Gasteiger partial charge < -0.3 is 45.5 Å². The van der Waals surface area contributed by atoms with E-state index >= 15 is 0 Å². The fraction of sp³-hybridized carbons (Fsp3) is 0.464. The number of nitrogens with zero attached hydrogens (tertiary/aromatic N) is 2. The molecule has 0 spiro atoms. The highest BCUT2D eigenvalue weighted by Crippen LogP contribution is 2.35. The van der Waals surface area contributed by atoms with Crippen molar-refractivity contribution >= 4 is 39.5 Å². The van der Waals surface area contributed by atoms with Gasteiger partial charge in [-0.05, 0) is 44.2 Å². The number of hydrogen-bond acceptors (Lipinski definition) is 10. The van der Waals surface area contributed by atoms with Gasteiger partial charge in [0.05, 0.1) is 23.2 Å². The van der Waals surface area contributed by atoms with Gasteiger partial charge in [0.1, 0.15) is 33.8 Å². The zero-order valence-corrected chi connectivity index (χ0v) is 24.0. The molecule has 2 heterocycles. The van der Waals surface area contributed by atoms with E-state index in [0.29, 0.717) is 11.3 Å². The number of anilines is 1. The summed E-state index contributed by atoms with van der Waals surface area (Å²) in [6.45, 7) is 3.68. The van der Waals surface area contributed by atoms with Gasteiger partial charge in [-0.1, -0.05) is 6.07 Å². The maximum atomic E-state index is 14.9. The molecule has 6 N–H and O–H groups in total. The molecule has 5 atom stereocenters. The second kappa shape index (κ2) is 12.0. The summed E-state index contributed by atoms with van der Waals surface area (Å²) in [6.07, 6.45) is -0.733. The van der Waals surface area contributed by atoms with Crippen molar-refractivity contribution < 1.29 is 43.9 Å². The largest absolute Gasteiger partial charge is 0.395 e. The van der Waals surface area contributed by atoms with E-state index in [-0.39, 0.29) is 61.4 Å². The number of ether oxygens (including phenoxy) is 1. The van der Waals surface area contributed by atoms with Gasteiger partial charge in [-0.25, -0.2) is 9.29 Å². The lowest BCUT2D eigenvalue weighted by Crippen LogP contribution is -2.71. The molecule has 0 saturated carbocycles. The zero-order valence-electron chi connectivity index (χ0n) is 24.0. The van der Waals surface area contributed by atoms with Crippen LogP contribution in [0.15, 0.2) is 36.4 Å². The van der Waals surface area contributed by atoms with Gasteiger partial charge in [0.25, 0.3) is 11.8 Å². The van der Waals surface area contributed by atoms with Gasteiger partial charge in [-0.15, -0.1) is 0 Å². The van der Waals surface area contributed by atoms with Crippen LogP contribution >= 0.6 is 0 Å². The monoisotopic (exact) mass is 594 g/mol. The average molecular weight is 594 g/mol. The van der Waals surface area contributed by atoms with Crippen LogP contribution in [0.3, 0.4) is 0 Å². The number of carbonyl (C=O) groups excluding carboxylic acids is 3. The summed E-state index contributed by atoms with van der Waals surface area (Å²) in [6, 6.07) is 6.36. The first-order valence-corrected chi connectivity index (χ1v) is 13.6. The summed E-state index contributed by atoms with van der Waals surface area (Å²) in [7, 11) is 12.5. The Hall–Kier alpha value is -3.33. The Morgan fingerprint density at radius 3 is 2.42 bits per heavy atom. The van der Waals surface area contributed by atoms with Crippen molar-refractivity contribution in [3.05, 3.63) is 64.5 Å². The molecule has 2 aliphatic rings. The van der Waals surface area contributed by atoms with E-state index in [2.05, 4.69) is 10.6 Å². The summed E-state index contributed by atoms with van der Waals surface area (Å²) in [5.74, 6) is -4.75. The maximum Gasteiger partial charge on any atom is 0.255 e. The Bertz CT molecular complexity index is 1400. The van der Waals surface area contributed by atoms with E-state index < -0.39 is 40.6 Å². The van der Waals surface area contributed by atoms with Crippen molar-refractivity contribution in [1.82, 2.24) is 15.1 Å². The number of benzene rings is 2. The number of fused-ring (bicyclic) bond motifs is 1. The number of aldehydes is 1. The SMILES string of the molecule is [B]C(O)(C=O)C([B])(O)C(C(=O)NC)N1Cc2c(NCc3cc(C(O)(O)N4CC(C)OC(C)C4)ccc3F)cccc2C1=O. The highest BCUT2D eigenvalue weighted by Gasteiger charge is 2.54. The molecular weight excluding hydrogens is 561 g/mol. The third-order valence-electron chi connectivity index (χ3n) is 7.80. The lowest BCUT2D eigenvalue weighted by Gasteiger charge is -2.44. The minimum absolute atomic E-state index is 0.0479. The standard InChI is InChI=1S/C28H33B2FN4O8/c1-15-11-34(12-16(2)43-15)28(41,42)18-7-8-21(31)17(9-18)10-33-22-6-4-5-19-20(22)13-35(25(19)38)23(24(37)32-3)27(30,40)26(29,39)14-36/h4-9,14-16,23,33,39-42H,10-13H2,1-3H3,(H,32,37). The van der Waals surface area contributed by atoms with Crippen molar-refractivity contribution in [2.24, 2.45) is 0 Å². The molecule has 1 fully saturated rings. The number of carbonyl (C=O) groups is 3. The van der Waals surface area contributed by atoms with Crippen LogP contribution in [0, 0.1) is 5.82 Å². The molecule has 2 aromatic rings. The van der Waals surface area contributed by atoms with E-state index in [0.717, 1.165) is 11.0 Å². The molecule has 2 aliphatic heterocycles. The number of rotatable bonds is 10. The molecule has 0 bridgehead atoms. The van der Waals surface area contributed by atoms with Gasteiger partial charge in [0.15, 0.2) is 0 Å². The van der Waals surface area contributed by atoms with Gasteiger partial charge in [0.2, 0.25) is 5.91 Å². The number of halogens is 1. The van der Waals surface area contributed by atoms with Crippen LogP contribution in [-0.4, -0.2) is 113 Å². The topological polar surface area (TPSA) is 172 Å². The molecule has 5 unspecified atom stereocenters. The van der Waals surface area contributed by atoms with Crippen LogP contribution in [-0.2, 0) is 33.3 Å². The lowest BCUT2D eigenvalue weighted by molar-refractivity contribution is -0.298. The molecule has 226 valence electrons. The molecule has 4 rings (SSSR count). The molecule has 43 heavy (non-hydrogen) atoms. The van der Waals surface area contributed by atoms with Crippen LogP contribution in [0.2, 0.25) is 0 Å². The van der Waals surface area contributed by atoms with Gasteiger partial charge >= 0.3 is 0 Å². The van der Waals surface area contributed by atoms with E-state index in [1.807, 2.05) is 13.8 Å². The Labute approximate surface area is 250 Å². The molecule has 0 aliphatic carbocycles. The zero-order chi connectivity index (χ0) is 31.9. The first-order chi connectivity index (χ1) is 20.0. The predicted molar refractivity (Wildman–Crippen MR) is 153 cm³/mol. The summed E-state index contributed by atoms with van der Waals surface area (Å²) in [4.78, 5) is 39.8. The third kappa shape index (κ3) is 6.06. The van der Waals surface area contributed by atoms with Crippen LogP contribution in [0.5, 0.6) is 0 Å². The molecule has 2 aromatic carbocycles. The number of hydrogen-bond donors (Lipinski definition) is 6. The fourth-order valence-corrected chi connectivity index (χ4v) is 5.48. The minimum Gasteiger partial charge on any atom is -0.395 e. The molecular formula is C28H33B2FN4O8. The van der Waals surface area contributed by atoms with Crippen molar-refractivity contribution in [3.63, 3.8) is 0 Å². The quantitative estimate of drug-likeness (QED) is 0.110. The van der Waals surface area contributed by atoms with Gasteiger partial charge in [-0.3, -0.25) is 9.59 Å². The smallest absolute Gasteiger partial charge is 0.255 e. The van der Waals surface area contributed by atoms with Gasteiger partial charge in [-0.2, -0.15) is 0 Å². The first kappa shape index (κ1) is 32.6. The van der Waals surface area contributed by atoms with Crippen molar-refractivity contribution in [1.29, 1.82) is 0 Å². The summed E-state index contributed by atoms with van der Waals surface area (Å²) < 4.78 is 20.6. The molecule has 12 nitrogen and oxygen atoms in total. The van der Waals surface area contributed by atoms with Crippen LogP contribution < -0.4 is 10.6 Å². The Balaban J connectivity index is 1.60. The first-order valence-electron chi connectivity index (χ1n) is 13.6. The van der Waals surface area contributed by atoms with E-state index in [1.165, 1.54) is 36.2 Å². The number of aliphatic hydroxyl groups is 4. The maximum absolute atomic E-state index is 14.9. The van der Waals surface area contributed by atoms with E-state index in [4.69, 9.17) is 20.4 Å². The van der Waals surface area contributed by atoms with Crippen LogP contribution in [0.1, 0.15) is 40.9 Å². The Morgan fingerprint density at radius 1 is 1.16 bits per heavy atom. The molecule has 0 aromatic heterocycles. The fourth-order valence-electron chi connectivity index (χ4n) is 5.48. The van der Waals surface area contributed by atoms with E-state index in [9.17, 15) is 39.2 Å². The Kier molecular flexibility index (Phi) is 9.08. The number of morpholine rings is 1.